The summed E-state index contributed by atoms with van der Waals surface area (Å²) in [5.74, 6) is 0.116. The van der Waals surface area contributed by atoms with Gasteiger partial charge in [0.1, 0.15) is 12.4 Å². The lowest BCUT2D eigenvalue weighted by Crippen LogP contribution is -2.16. The van der Waals surface area contributed by atoms with E-state index in [9.17, 15) is 9.59 Å². The van der Waals surface area contributed by atoms with E-state index in [-0.39, 0.29) is 18.4 Å². The molecule has 178 valence electrons. The van der Waals surface area contributed by atoms with Crippen LogP contribution >= 0.6 is 0 Å². The zero-order valence-electron chi connectivity index (χ0n) is 19.6. The van der Waals surface area contributed by atoms with Crippen molar-refractivity contribution in [2.24, 2.45) is 5.73 Å². The summed E-state index contributed by atoms with van der Waals surface area (Å²) < 4.78 is 10.5. The Kier molecular flexibility index (Phi) is 8.61. The van der Waals surface area contributed by atoms with Crippen LogP contribution in [-0.2, 0) is 11.3 Å². The average Bonchev–Trinajstić information content (AvgIpc) is 2.85. The van der Waals surface area contributed by atoms with Crippen molar-refractivity contribution in [2.75, 3.05) is 50.0 Å². The van der Waals surface area contributed by atoms with Crippen molar-refractivity contribution in [2.45, 2.75) is 6.54 Å². The van der Waals surface area contributed by atoms with Crippen molar-refractivity contribution in [1.29, 1.82) is 0 Å². The third-order valence-electron chi connectivity index (χ3n) is 5.13. The summed E-state index contributed by atoms with van der Waals surface area (Å²) in [5, 5.41) is 5.77. The van der Waals surface area contributed by atoms with Gasteiger partial charge >= 0.3 is 0 Å². The van der Waals surface area contributed by atoms with E-state index < -0.39 is 0 Å². The third-order valence-corrected chi connectivity index (χ3v) is 5.13. The largest absolute Gasteiger partial charge is 0.491 e. The normalized spacial score (nSPS) is 10.5. The first-order chi connectivity index (χ1) is 16.4. The number of benzene rings is 3. The number of carbonyl (C=O) groups excluding carboxylic acids is 2. The summed E-state index contributed by atoms with van der Waals surface area (Å²) in [6.07, 6.45) is 0. The molecule has 8 nitrogen and oxygen atoms in total. The first-order valence-electron chi connectivity index (χ1n) is 10.9. The van der Waals surface area contributed by atoms with Gasteiger partial charge in [0.2, 0.25) is 0 Å². The molecule has 3 aromatic rings. The molecular weight excluding hydrogens is 432 g/mol. The van der Waals surface area contributed by atoms with E-state index in [2.05, 4.69) is 10.6 Å². The summed E-state index contributed by atoms with van der Waals surface area (Å²) in [6.45, 7) is 1.15. The molecule has 0 radical (unpaired) electrons. The van der Waals surface area contributed by atoms with Crippen LogP contribution in [0.3, 0.4) is 0 Å². The summed E-state index contributed by atoms with van der Waals surface area (Å²) >= 11 is 0. The maximum Gasteiger partial charge on any atom is 0.255 e. The number of hydrogen-bond donors (Lipinski definition) is 3. The van der Waals surface area contributed by atoms with Crippen molar-refractivity contribution >= 4 is 28.9 Å². The summed E-state index contributed by atoms with van der Waals surface area (Å²) in [7, 11) is 5.44. The Labute approximate surface area is 199 Å². The molecule has 0 aliphatic rings. The second-order valence-corrected chi connectivity index (χ2v) is 7.79. The van der Waals surface area contributed by atoms with E-state index in [0.717, 1.165) is 11.3 Å². The zero-order valence-corrected chi connectivity index (χ0v) is 19.6. The molecule has 0 aliphatic carbocycles. The van der Waals surface area contributed by atoms with Crippen LogP contribution in [0.2, 0.25) is 0 Å². The van der Waals surface area contributed by atoms with Gasteiger partial charge in [0.15, 0.2) is 0 Å². The number of amides is 2. The minimum absolute atomic E-state index is 0.237. The molecule has 34 heavy (non-hydrogen) atoms. The van der Waals surface area contributed by atoms with Crippen molar-refractivity contribution in [3.8, 4) is 5.75 Å². The molecule has 0 spiro atoms. The van der Waals surface area contributed by atoms with Gasteiger partial charge < -0.3 is 30.7 Å². The number of rotatable bonds is 10. The van der Waals surface area contributed by atoms with Crippen LogP contribution in [-0.4, -0.2) is 46.2 Å². The number of nitrogens with two attached hydrogens (primary N) is 1. The standard InChI is InChI=1S/C26H30N4O4/c1-30(2)22-6-4-5-19(15-22)26(32)28-21-10-7-20(17-27)24(16-21)29-25(31)18-8-11-23(12-9-18)34-14-13-33-3/h4-12,15-16H,13-14,17,27H2,1-3H3,(H,28,32)(H,29,31). The van der Waals surface area contributed by atoms with Gasteiger partial charge in [-0.05, 0) is 60.2 Å². The van der Waals surface area contributed by atoms with Gasteiger partial charge in [0.25, 0.3) is 11.8 Å². The monoisotopic (exact) mass is 462 g/mol. The van der Waals surface area contributed by atoms with Crippen LogP contribution in [0.5, 0.6) is 5.75 Å². The molecule has 0 atom stereocenters. The van der Waals surface area contributed by atoms with Crippen LogP contribution in [0.15, 0.2) is 66.7 Å². The van der Waals surface area contributed by atoms with Crippen LogP contribution in [0.25, 0.3) is 0 Å². The summed E-state index contributed by atoms with van der Waals surface area (Å²) in [4.78, 5) is 27.5. The molecular formula is C26H30N4O4. The van der Waals surface area contributed by atoms with E-state index >= 15 is 0 Å². The van der Waals surface area contributed by atoms with Crippen LogP contribution in [0, 0.1) is 0 Å². The van der Waals surface area contributed by atoms with Gasteiger partial charge in [-0.25, -0.2) is 0 Å². The van der Waals surface area contributed by atoms with E-state index in [1.807, 2.05) is 37.2 Å². The van der Waals surface area contributed by atoms with E-state index in [0.29, 0.717) is 41.5 Å². The molecule has 0 heterocycles. The third kappa shape index (κ3) is 6.57. The van der Waals surface area contributed by atoms with Crippen molar-refractivity contribution in [3.63, 3.8) is 0 Å². The quantitative estimate of drug-likeness (QED) is 0.397. The minimum atomic E-state index is -0.291. The van der Waals surface area contributed by atoms with Crippen LogP contribution < -0.4 is 26.0 Å². The number of nitrogens with one attached hydrogen (secondary N) is 2. The molecule has 0 unspecified atom stereocenters. The Bertz CT molecular complexity index is 1130. The highest BCUT2D eigenvalue weighted by atomic mass is 16.5. The molecule has 3 aromatic carbocycles. The molecule has 0 saturated carbocycles. The maximum atomic E-state index is 12.8. The molecule has 8 heteroatoms. The fourth-order valence-electron chi connectivity index (χ4n) is 3.22. The Morgan fingerprint density at radius 2 is 1.62 bits per heavy atom. The highest BCUT2D eigenvalue weighted by molar-refractivity contribution is 6.07. The van der Waals surface area contributed by atoms with Crippen molar-refractivity contribution in [3.05, 3.63) is 83.4 Å². The van der Waals surface area contributed by atoms with Gasteiger partial charge in [0, 0.05) is 55.9 Å². The zero-order chi connectivity index (χ0) is 24.5. The van der Waals surface area contributed by atoms with E-state index in [1.54, 1.807) is 55.6 Å². The lowest BCUT2D eigenvalue weighted by Gasteiger charge is -2.15. The molecule has 4 N–H and O–H groups in total. The summed E-state index contributed by atoms with van der Waals surface area (Å²) in [6, 6.07) is 19.4. The smallest absolute Gasteiger partial charge is 0.255 e. The highest BCUT2D eigenvalue weighted by Gasteiger charge is 2.12. The number of carbonyl (C=O) groups is 2. The second-order valence-electron chi connectivity index (χ2n) is 7.79. The SMILES string of the molecule is COCCOc1ccc(C(=O)Nc2cc(NC(=O)c3cccc(N(C)C)c3)ccc2CN)cc1. The summed E-state index contributed by atoms with van der Waals surface area (Å²) in [5.41, 5.74) is 9.63. The fraction of sp³-hybridized carbons (Fsp3) is 0.231. The number of anilines is 3. The van der Waals surface area contributed by atoms with Crippen molar-refractivity contribution < 1.29 is 19.1 Å². The number of hydrogen-bond acceptors (Lipinski definition) is 6. The number of methoxy groups -OCH3 is 1. The predicted octanol–water partition coefficient (Wildman–Crippen LogP) is 3.74. The van der Waals surface area contributed by atoms with Gasteiger partial charge in [-0.2, -0.15) is 0 Å². The second kappa shape index (κ2) is 11.8. The van der Waals surface area contributed by atoms with Gasteiger partial charge in [-0.1, -0.05) is 12.1 Å². The molecule has 0 saturated heterocycles. The average molecular weight is 463 g/mol. The first-order valence-corrected chi connectivity index (χ1v) is 10.9. The Balaban J connectivity index is 1.72. The Morgan fingerprint density at radius 1 is 0.882 bits per heavy atom. The van der Waals surface area contributed by atoms with Crippen molar-refractivity contribution in [1.82, 2.24) is 0 Å². The van der Waals surface area contributed by atoms with Crippen LogP contribution in [0.1, 0.15) is 26.3 Å². The van der Waals surface area contributed by atoms with Gasteiger partial charge in [-0.15, -0.1) is 0 Å². The molecule has 0 fully saturated rings. The minimum Gasteiger partial charge on any atom is -0.491 e. The Morgan fingerprint density at radius 3 is 2.29 bits per heavy atom. The first kappa shape index (κ1) is 24.8. The van der Waals surface area contributed by atoms with Crippen LogP contribution in [0.4, 0.5) is 17.1 Å². The highest BCUT2D eigenvalue weighted by Crippen LogP contribution is 2.23. The van der Waals surface area contributed by atoms with E-state index in [1.165, 1.54) is 0 Å². The molecule has 0 aromatic heterocycles. The number of nitrogens with zero attached hydrogens (tertiary/aromatic N) is 1. The predicted molar refractivity (Wildman–Crippen MR) is 135 cm³/mol. The van der Waals surface area contributed by atoms with Gasteiger partial charge in [0.05, 0.1) is 6.61 Å². The molecule has 3 rings (SSSR count). The number of ether oxygens (including phenoxy) is 2. The Hall–Kier alpha value is -3.88. The lowest BCUT2D eigenvalue weighted by molar-refractivity contribution is 0.101. The fourth-order valence-corrected chi connectivity index (χ4v) is 3.22. The topological polar surface area (TPSA) is 106 Å². The molecule has 0 bridgehead atoms. The van der Waals surface area contributed by atoms with Gasteiger partial charge in [-0.3, -0.25) is 9.59 Å². The molecule has 2 amide bonds. The van der Waals surface area contributed by atoms with E-state index in [4.69, 9.17) is 15.2 Å². The lowest BCUT2D eigenvalue weighted by atomic mass is 10.1. The maximum absolute atomic E-state index is 12.8. The molecule has 0 aliphatic heterocycles.